The van der Waals surface area contributed by atoms with Gasteiger partial charge in [-0.1, -0.05) is 0 Å². The van der Waals surface area contributed by atoms with Gasteiger partial charge in [0.25, 0.3) is 11.8 Å². The van der Waals surface area contributed by atoms with Crippen molar-refractivity contribution in [3.63, 3.8) is 0 Å². The number of halogens is 2. The number of carbonyl (C=O) groups is 3. The summed E-state index contributed by atoms with van der Waals surface area (Å²) in [7, 11) is 0. The zero-order chi connectivity index (χ0) is 21.0. The van der Waals surface area contributed by atoms with Gasteiger partial charge in [0.05, 0.1) is 5.69 Å². The fraction of sp³-hybridized carbons (Fsp3) is 0.400. The highest BCUT2D eigenvalue weighted by molar-refractivity contribution is 6.07. The molecule has 1 spiro atoms. The van der Waals surface area contributed by atoms with Gasteiger partial charge in [-0.3, -0.25) is 14.9 Å². The molecule has 2 N–H and O–H groups in total. The van der Waals surface area contributed by atoms with E-state index in [0.717, 1.165) is 29.8 Å². The summed E-state index contributed by atoms with van der Waals surface area (Å²) in [5.41, 5.74) is 1.38. The van der Waals surface area contributed by atoms with E-state index in [9.17, 15) is 23.2 Å². The molecule has 2 aromatic rings. The minimum absolute atomic E-state index is 0.255. The zero-order valence-electron chi connectivity index (χ0n) is 16.0. The van der Waals surface area contributed by atoms with Crippen molar-refractivity contribution in [1.29, 1.82) is 0 Å². The zero-order valence-corrected chi connectivity index (χ0v) is 16.0. The molecule has 5 rings (SSSR count). The number of likely N-dealkylation sites (tertiary alicyclic amines) is 1. The van der Waals surface area contributed by atoms with Crippen LogP contribution in [0.2, 0.25) is 0 Å². The number of carbonyl (C=O) groups excluding carboxylic acids is 3. The Hall–Kier alpha value is -3.30. The second-order valence-corrected chi connectivity index (χ2v) is 7.92. The third-order valence-electron chi connectivity index (χ3n) is 6.20. The number of aromatic nitrogens is 2. The first-order valence-electron chi connectivity index (χ1n) is 9.87. The first-order valence-corrected chi connectivity index (χ1v) is 9.87. The summed E-state index contributed by atoms with van der Waals surface area (Å²) in [6.45, 7) is 0.610. The van der Waals surface area contributed by atoms with Crippen molar-refractivity contribution in [2.24, 2.45) is 0 Å². The average Bonchev–Trinajstić information content (AvgIpc) is 3.39. The molecule has 3 heterocycles. The van der Waals surface area contributed by atoms with Crippen molar-refractivity contribution in [1.82, 2.24) is 25.3 Å². The number of piperidine rings is 1. The normalized spacial score (nSPS) is 19.7. The van der Waals surface area contributed by atoms with Crippen molar-refractivity contribution in [3.8, 4) is 5.69 Å². The maximum atomic E-state index is 13.7. The van der Waals surface area contributed by atoms with Crippen molar-refractivity contribution in [2.75, 3.05) is 13.1 Å². The van der Waals surface area contributed by atoms with Gasteiger partial charge in [0, 0.05) is 30.4 Å². The molecular weight excluding hydrogens is 396 g/mol. The number of hydrogen-bond acceptors (Lipinski definition) is 4. The molecule has 2 aliphatic heterocycles. The second kappa shape index (κ2) is 6.61. The maximum absolute atomic E-state index is 13.7. The van der Waals surface area contributed by atoms with Crippen LogP contribution < -0.4 is 10.6 Å². The molecule has 0 saturated carbocycles. The molecular formula is C20H19F2N5O3. The number of imide groups is 1. The molecule has 10 heteroatoms. The number of rotatable bonds is 2. The van der Waals surface area contributed by atoms with Crippen LogP contribution in [0.25, 0.3) is 5.69 Å². The van der Waals surface area contributed by atoms with Crippen LogP contribution in [0.4, 0.5) is 13.6 Å². The summed E-state index contributed by atoms with van der Waals surface area (Å²) in [5.74, 6) is -2.53. The van der Waals surface area contributed by atoms with Gasteiger partial charge in [0.15, 0.2) is 17.3 Å². The van der Waals surface area contributed by atoms with Crippen molar-refractivity contribution in [3.05, 3.63) is 46.8 Å². The van der Waals surface area contributed by atoms with Crippen LogP contribution in [0.3, 0.4) is 0 Å². The average molecular weight is 415 g/mol. The number of benzene rings is 1. The molecule has 30 heavy (non-hydrogen) atoms. The monoisotopic (exact) mass is 415 g/mol. The molecule has 0 atom stereocenters. The fourth-order valence-electron chi connectivity index (χ4n) is 4.56. The number of urea groups is 1. The predicted molar refractivity (Wildman–Crippen MR) is 100 cm³/mol. The molecule has 0 unspecified atom stereocenters. The molecule has 0 bridgehead atoms. The Kier molecular flexibility index (Phi) is 4.12. The van der Waals surface area contributed by atoms with Gasteiger partial charge in [-0.05, 0) is 44.2 Å². The lowest BCUT2D eigenvalue weighted by atomic mass is 9.87. The Balaban J connectivity index is 1.41. The first kappa shape index (κ1) is 18.7. The standard InChI is InChI=1S/C20H19F2N5O3/c21-13-5-4-11(10-14(13)22)27-15-3-1-2-12(15)16(25-27)17(28)26-8-6-20(7-9-26)18(29)23-19(30)24-20/h4-5,10H,1-3,6-9H2,(H2,23,24,29,30). The molecule has 1 aromatic heterocycles. The Bertz CT molecular complexity index is 1090. The molecule has 1 aliphatic carbocycles. The van der Waals surface area contributed by atoms with Crippen molar-refractivity contribution >= 4 is 17.8 Å². The van der Waals surface area contributed by atoms with Crippen LogP contribution in [-0.4, -0.2) is 51.2 Å². The van der Waals surface area contributed by atoms with E-state index in [0.29, 0.717) is 50.2 Å². The van der Waals surface area contributed by atoms with Crippen LogP contribution in [0, 0.1) is 11.6 Å². The predicted octanol–water partition coefficient (Wildman–Crippen LogP) is 1.45. The SMILES string of the molecule is O=C1NC(=O)C2(CCN(C(=O)c3nn(-c4ccc(F)c(F)c4)c4c3CCC4)CC2)N1. The molecule has 8 nitrogen and oxygen atoms in total. The van der Waals surface area contributed by atoms with Crippen LogP contribution in [0.1, 0.15) is 41.0 Å². The van der Waals surface area contributed by atoms with E-state index in [-0.39, 0.29) is 11.8 Å². The number of hydrogen-bond donors (Lipinski definition) is 2. The Labute approximate surface area is 170 Å². The van der Waals surface area contributed by atoms with Gasteiger partial charge in [-0.25, -0.2) is 18.3 Å². The third-order valence-corrected chi connectivity index (χ3v) is 6.20. The number of nitrogens with one attached hydrogen (secondary N) is 2. The second-order valence-electron chi connectivity index (χ2n) is 7.92. The summed E-state index contributed by atoms with van der Waals surface area (Å²) in [6, 6.07) is 3.04. The molecule has 2 saturated heterocycles. The molecule has 4 amide bonds. The highest BCUT2D eigenvalue weighted by Gasteiger charge is 2.48. The highest BCUT2D eigenvalue weighted by atomic mass is 19.2. The van der Waals surface area contributed by atoms with Gasteiger partial charge >= 0.3 is 6.03 Å². The summed E-state index contributed by atoms with van der Waals surface area (Å²) < 4.78 is 28.6. The van der Waals surface area contributed by atoms with Crippen molar-refractivity contribution < 1.29 is 23.2 Å². The quantitative estimate of drug-likeness (QED) is 0.726. The Morgan fingerprint density at radius 2 is 1.87 bits per heavy atom. The van der Waals surface area contributed by atoms with Crippen molar-refractivity contribution in [2.45, 2.75) is 37.6 Å². The Morgan fingerprint density at radius 3 is 2.53 bits per heavy atom. The van der Waals surface area contributed by atoms with E-state index >= 15 is 0 Å². The fourth-order valence-corrected chi connectivity index (χ4v) is 4.56. The number of fused-ring (bicyclic) bond motifs is 1. The molecule has 2 fully saturated rings. The number of amides is 4. The highest BCUT2D eigenvalue weighted by Crippen LogP contribution is 2.31. The summed E-state index contributed by atoms with van der Waals surface area (Å²) in [6.07, 6.45) is 2.89. The number of nitrogens with zero attached hydrogens (tertiary/aromatic N) is 3. The van der Waals surface area contributed by atoms with E-state index in [2.05, 4.69) is 15.7 Å². The third kappa shape index (κ3) is 2.78. The van der Waals surface area contributed by atoms with E-state index < -0.39 is 23.2 Å². The van der Waals surface area contributed by atoms with Crippen LogP contribution in [0.15, 0.2) is 18.2 Å². The van der Waals surface area contributed by atoms with Crippen LogP contribution >= 0.6 is 0 Å². The van der Waals surface area contributed by atoms with Gasteiger partial charge in [-0.15, -0.1) is 0 Å². The minimum Gasteiger partial charge on any atom is -0.337 e. The van der Waals surface area contributed by atoms with Crippen LogP contribution in [-0.2, 0) is 17.6 Å². The van der Waals surface area contributed by atoms with Gasteiger partial charge in [0.1, 0.15) is 5.54 Å². The summed E-state index contributed by atoms with van der Waals surface area (Å²) >= 11 is 0. The lowest BCUT2D eigenvalue weighted by Crippen LogP contribution is -2.55. The largest absolute Gasteiger partial charge is 0.337 e. The van der Waals surface area contributed by atoms with Gasteiger partial charge < -0.3 is 10.2 Å². The summed E-state index contributed by atoms with van der Waals surface area (Å²) in [4.78, 5) is 38.4. The Morgan fingerprint density at radius 1 is 1.10 bits per heavy atom. The van der Waals surface area contributed by atoms with E-state index in [1.807, 2.05) is 0 Å². The smallest absolute Gasteiger partial charge is 0.322 e. The minimum atomic E-state index is -0.971. The van der Waals surface area contributed by atoms with E-state index in [1.165, 1.54) is 10.7 Å². The molecule has 3 aliphatic rings. The van der Waals surface area contributed by atoms with Gasteiger partial charge in [-0.2, -0.15) is 5.10 Å². The van der Waals surface area contributed by atoms with Crippen LogP contribution in [0.5, 0.6) is 0 Å². The van der Waals surface area contributed by atoms with E-state index in [4.69, 9.17) is 0 Å². The molecule has 1 aromatic carbocycles. The van der Waals surface area contributed by atoms with E-state index in [1.54, 1.807) is 4.90 Å². The topological polar surface area (TPSA) is 96.3 Å². The molecule has 0 radical (unpaired) electrons. The lowest BCUT2D eigenvalue weighted by molar-refractivity contribution is -0.125. The summed E-state index contributed by atoms with van der Waals surface area (Å²) in [5, 5.41) is 9.37. The van der Waals surface area contributed by atoms with Gasteiger partial charge in [0.2, 0.25) is 0 Å². The molecule has 156 valence electrons. The lowest BCUT2D eigenvalue weighted by Gasteiger charge is -2.36. The maximum Gasteiger partial charge on any atom is 0.322 e. The first-order chi connectivity index (χ1) is 14.4.